The molecule has 0 spiro atoms. The van der Waals surface area contributed by atoms with Crippen molar-refractivity contribution in [2.75, 3.05) is 13.1 Å². The minimum Gasteiger partial charge on any atom is -0.368 e. The number of rotatable bonds is 4. The summed E-state index contributed by atoms with van der Waals surface area (Å²) in [5, 5.41) is 6.05. The molecule has 3 atom stereocenters. The zero-order chi connectivity index (χ0) is 13.1. The Labute approximate surface area is 103 Å². The van der Waals surface area contributed by atoms with Crippen LogP contribution in [0.1, 0.15) is 33.6 Å². The van der Waals surface area contributed by atoms with Gasteiger partial charge in [-0.25, -0.2) is 0 Å². The highest BCUT2D eigenvalue weighted by atomic mass is 16.2. The second-order valence-electron chi connectivity index (χ2n) is 5.12. The van der Waals surface area contributed by atoms with E-state index in [2.05, 4.69) is 10.6 Å². The molecule has 1 heterocycles. The Morgan fingerprint density at radius 1 is 1.53 bits per heavy atom. The van der Waals surface area contributed by atoms with Crippen LogP contribution in [-0.2, 0) is 9.59 Å². The van der Waals surface area contributed by atoms with Crippen molar-refractivity contribution in [2.45, 2.75) is 39.2 Å². The second kappa shape index (κ2) is 5.49. The Morgan fingerprint density at radius 3 is 2.65 bits per heavy atom. The number of nitrogens with one attached hydrogen (secondary N) is 2. The molecule has 4 N–H and O–H groups in total. The van der Waals surface area contributed by atoms with Crippen molar-refractivity contribution in [3.8, 4) is 0 Å². The first kappa shape index (κ1) is 14.0. The Bertz CT molecular complexity index is 306. The molecule has 0 saturated carbocycles. The molecule has 2 amide bonds. The summed E-state index contributed by atoms with van der Waals surface area (Å²) in [7, 11) is 0. The van der Waals surface area contributed by atoms with E-state index in [4.69, 9.17) is 5.73 Å². The monoisotopic (exact) mass is 241 g/mol. The molecule has 3 unspecified atom stereocenters. The lowest BCUT2D eigenvalue weighted by Crippen LogP contribution is -2.57. The highest BCUT2D eigenvalue weighted by Gasteiger charge is 2.35. The number of nitrogens with two attached hydrogens (primary N) is 1. The average Bonchev–Trinajstić information content (AvgIpc) is 2.29. The van der Waals surface area contributed by atoms with Gasteiger partial charge in [-0.05, 0) is 38.8 Å². The summed E-state index contributed by atoms with van der Waals surface area (Å²) in [4.78, 5) is 23.5. The molecule has 1 rings (SSSR count). The fourth-order valence-electron chi connectivity index (χ4n) is 2.09. The van der Waals surface area contributed by atoms with Gasteiger partial charge in [0.1, 0.15) is 5.54 Å². The van der Waals surface area contributed by atoms with E-state index in [9.17, 15) is 9.59 Å². The quantitative estimate of drug-likeness (QED) is 0.648. The maximum Gasteiger partial charge on any atom is 0.242 e. The van der Waals surface area contributed by atoms with Crippen LogP contribution in [0.5, 0.6) is 0 Å². The van der Waals surface area contributed by atoms with E-state index in [-0.39, 0.29) is 17.7 Å². The third-order valence-corrected chi connectivity index (χ3v) is 3.77. The van der Waals surface area contributed by atoms with Crippen molar-refractivity contribution in [3.05, 3.63) is 0 Å². The highest BCUT2D eigenvalue weighted by Crippen LogP contribution is 2.20. The molecule has 0 bridgehead atoms. The molecule has 1 aliphatic rings. The van der Waals surface area contributed by atoms with E-state index in [0.717, 1.165) is 19.5 Å². The van der Waals surface area contributed by atoms with Gasteiger partial charge in [-0.2, -0.15) is 0 Å². The Hall–Kier alpha value is -1.10. The molecular weight excluding hydrogens is 218 g/mol. The van der Waals surface area contributed by atoms with Crippen LogP contribution in [0.25, 0.3) is 0 Å². The molecule has 0 aromatic rings. The molecule has 17 heavy (non-hydrogen) atoms. The molecule has 0 aliphatic carbocycles. The standard InChI is InChI=1S/C12H23N3O2/c1-4-12(3,11(13)17)15-10(16)9-5-6-14-7-8(9)2/h8-9,14H,4-7H2,1-3H3,(H2,13,17)(H,15,16). The number of hydrogen-bond donors (Lipinski definition) is 3. The van der Waals surface area contributed by atoms with Crippen LogP contribution in [0.2, 0.25) is 0 Å². The summed E-state index contributed by atoms with van der Waals surface area (Å²) < 4.78 is 0. The SMILES string of the molecule is CCC(C)(NC(=O)C1CCNCC1C)C(N)=O. The normalized spacial score (nSPS) is 28.2. The van der Waals surface area contributed by atoms with Crippen LogP contribution < -0.4 is 16.4 Å². The van der Waals surface area contributed by atoms with Crippen LogP contribution in [0, 0.1) is 11.8 Å². The molecule has 5 nitrogen and oxygen atoms in total. The molecule has 5 heteroatoms. The van der Waals surface area contributed by atoms with Crippen LogP contribution in [0.4, 0.5) is 0 Å². The largest absolute Gasteiger partial charge is 0.368 e. The van der Waals surface area contributed by atoms with E-state index in [0.29, 0.717) is 6.42 Å². The van der Waals surface area contributed by atoms with Gasteiger partial charge in [0.05, 0.1) is 0 Å². The summed E-state index contributed by atoms with van der Waals surface area (Å²) >= 11 is 0. The van der Waals surface area contributed by atoms with E-state index < -0.39 is 11.4 Å². The number of carbonyl (C=O) groups is 2. The zero-order valence-electron chi connectivity index (χ0n) is 10.9. The van der Waals surface area contributed by atoms with Crippen molar-refractivity contribution in [1.29, 1.82) is 0 Å². The molecule has 1 aliphatic heterocycles. The van der Waals surface area contributed by atoms with Gasteiger partial charge < -0.3 is 16.4 Å². The number of carbonyl (C=O) groups excluding carboxylic acids is 2. The lowest BCUT2D eigenvalue weighted by atomic mass is 9.86. The fraction of sp³-hybridized carbons (Fsp3) is 0.833. The molecule has 0 aromatic carbocycles. The van der Waals surface area contributed by atoms with Crippen molar-refractivity contribution < 1.29 is 9.59 Å². The van der Waals surface area contributed by atoms with Gasteiger partial charge in [-0.15, -0.1) is 0 Å². The third-order valence-electron chi connectivity index (χ3n) is 3.77. The van der Waals surface area contributed by atoms with E-state index >= 15 is 0 Å². The van der Waals surface area contributed by atoms with Gasteiger partial charge in [-0.3, -0.25) is 9.59 Å². The Kier molecular flexibility index (Phi) is 4.51. The molecule has 0 aromatic heterocycles. The maximum atomic E-state index is 12.1. The summed E-state index contributed by atoms with van der Waals surface area (Å²) in [6.45, 7) is 7.26. The summed E-state index contributed by atoms with van der Waals surface area (Å²) in [5.41, 5.74) is 4.40. The molecular formula is C12H23N3O2. The minimum atomic E-state index is -0.929. The number of primary amides is 1. The third kappa shape index (κ3) is 3.19. The highest BCUT2D eigenvalue weighted by molar-refractivity contribution is 5.90. The average molecular weight is 241 g/mol. The van der Waals surface area contributed by atoms with Crippen molar-refractivity contribution in [2.24, 2.45) is 17.6 Å². The van der Waals surface area contributed by atoms with Gasteiger partial charge in [0.15, 0.2) is 0 Å². The number of amides is 2. The van der Waals surface area contributed by atoms with Gasteiger partial charge in [0.2, 0.25) is 11.8 Å². The molecule has 0 radical (unpaired) electrons. The minimum absolute atomic E-state index is 0.0264. The predicted octanol–water partition coefficient (Wildman–Crippen LogP) is 0.00220. The van der Waals surface area contributed by atoms with E-state index in [1.165, 1.54) is 0 Å². The Morgan fingerprint density at radius 2 is 2.18 bits per heavy atom. The fourth-order valence-corrected chi connectivity index (χ4v) is 2.09. The summed E-state index contributed by atoms with van der Waals surface area (Å²) in [6.07, 6.45) is 1.32. The Balaban J connectivity index is 2.67. The predicted molar refractivity (Wildman–Crippen MR) is 66.2 cm³/mol. The first-order valence-corrected chi connectivity index (χ1v) is 6.23. The lowest BCUT2D eigenvalue weighted by Gasteiger charge is -2.33. The van der Waals surface area contributed by atoms with Gasteiger partial charge in [0, 0.05) is 5.92 Å². The number of piperidine rings is 1. The van der Waals surface area contributed by atoms with Crippen molar-refractivity contribution in [3.63, 3.8) is 0 Å². The maximum absolute atomic E-state index is 12.1. The van der Waals surface area contributed by atoms with Crippen molar-refractivity contribution in [1.82, 2.24) is 10.6 Å². The second-order valence-corrected chi connectivity index (χ2v) is 5.12. The molecule has 1 fully saturated rings. The van der Waals surface area contributed by atoms with E-state index in [1.54, 1.807) is 6.92 Å². The van der Waals surface area contributed by atoms with Crippen LogP contribution in [-0.4, -0.2) is 30.4 Å². The molecule has 98 valence electrons. The van der Waals surface area contributed by atoms with Gasteiger partial charge in [-0.1, -0.05) is 13.8 Å². The zero-order valence-corrected chi connectivity index (χ0v) is 10.9. The summed E-state index contributed by atoms with van der Waals surface area (Å²) in [5.74, 6) is -0.267. The first-order chi connectivity index (χ1) is 7.90. The first-order valence-electron chi connectivity index (χ1n) is 6.23. The van der Waals surface area contributed by atoms with Crippen molar-refractivity contribution >= 4 is 11.8 Å². The van der Waals surface area contributed by atoms with E-state index in [1.807, 2.05) is 13.8 Å². The van der Waals surface area contributed by atoms with Gasteiger partial charge >= 0.3 is 0 Å². The lowest BCUT2D eigenvalue weighted by molar-refractivity contribution is -0.134. The van der Waals surface area contributed by atoms with Crippen LogP contribution >= 0.6 is 0 Å². The molecule has 1 saturated heterocycles. The van der Waals surface area contributed by atoms with Gasteiger partial charge in [0.25, 0.3) is 0 Å². The summed E-state index contributed by atoms with van der Waals surface area (Å²) in [6, 6.07) is 0. The van der Waals surface area contributed by atoms with Crippen LogP contribution in [0.3, 0.4) is 0 Å². The topological polar surface area (TPSA) is 84.2 Å². The van der Waals surface area contributed by atoms with Crippen LogP contribution in [0.15, 0.2) is 0 Å². The smallest absolute Gasteiger partial charge is 0.242 e. The number of hydrogen-bond acceptors (Lipinski definition) is 3.